The fourth-order valence-corrected chi connectivity index (χ4v) is 2.38. The Hall–Kier alpha value is -2.39. The molecule has 0 bridgehead atoms. The van der Waals surface area contributed by atoms with Crippen molar-refractivity contribution in [3.63, 3.8) is 0 Å². The molecular formula is C17H11ClO3. The van der Waals surface area contributed by atoms with Crippen molar-refractivity contribution in [2.45, 2.75) is 6.92 Å². The molecule has 0 N–H and O–H groups in total. The smallest absolute Gasteiger partial charge is 0.347 e. The second-order valence-electron chi connectivity index (χ2n) is 4.80. The van der Waals surface area contributed by atoms with Gasteiger partial charge in [-0.3, -0.25) is 0 Å². The van der Waals surface area contributed by atoms with Crippen molar-refractivity contribution < 1.29 is 14.3 Å². The largest absolute Gasteiger partial charge is 0.386 e. The van der Waals surface area contributed by atoms with E-state index < -0.39 is 11.9 Å². The third-order valence-corrected chi connectivity index (χ3v) is 3.57. The summed E-state index contributed by atoms with van der Waals surface area (Å²) < 4.78 is 4.77. The molecule has 3 nitrogen and oxygen atoms in total. The van der Waals surface area contributed by atoms with Crippen LogP contribution < -0.4 is 0 Å². The second kappa shape index (κ2) is 5.19. The normalized spacial score (nSPS) is 14.6. The van der Waals surface area contributed by atoms with Crippen LogP contribution in [0, 0.1) is 6.92 Å². The van der Waals surface area contributed by atoms with E-state index in [9.17, 15) is 9.59 Å². The number of aryl methyl sites for hydroxylation is 1. The first-order valence-electron chi connectivity index (χ1n) is 6.40. The van der Waals surface area contributed by atoms with Crippen LogP contribution >= 0.6 is 11.6 Å². The van der Waals surface area contributed by atoms with Crippen LogP contribution in [0.5, 0.6) is 0 Å². The fraction of sp³-hybridized carbons (Fsp3) is 0.0588. The Kier molecular flexibility index (Phi) is 3.35. The van der Waals surface area contributed by atoms with Gasteiger partial charge >= 0.3 is 11.9 Å². The zero-order valence-corrected chi connectivity index (χ0v) is 12.0. The van der Waals surface area contributed by atoms with E-state index in [1.807, 2.05) is 19.1 Å². The van der Waals surface area contributed by atoms with E-state index >= 15 is 0 Å². The molecule has 0 atom stereocenters. The highest BCUT2D eigenvalue weighted by molar-refractivity contribution is 6.44. The first kappa shape index (κ1) is 13.6. The molecule has 0 unspecified atom stereocenters. The van der Waals surface area contributed by atoms with Gasteiger partial charge < -0.3 is 4.74 Å². The molecule has 1 aliphatic rings. The van der Waals surface area contributed by atoms with Crippen molar-refractivity contribution in [3.05, 3.63) is 70.2 Å². The van der Waals surface area contributed by atoms with Gasteiger partial charge in [0.2, 0.25) is 0 Å². The molecule has 0 spiro atoms. The molecule has 1 aliphatic heterocycles. The monoisotopic (exact) mass is 298 g/mol. The highest BCUT2D eigenvalue weighted by Gasteiger charge is 2.34. The first-order valence-corrected chi connectivity index (χ1v) is 6.78. The van der Waals surface area contributed by atoms with E-state index in [4.69, 9.17) is 16.3 Å². The number of hydrogen-bond acceptors (Lipinski definition) is 3. The maximum Gasteiger partial charge on any atom is 0.347 e. The summed E-state index contributed by atoms with van der Waals surface area (Å²) in [4.78, 5) is 24.0. The van der Waals surface area contributed by atoms with E-state index in [-0.39, 0.29) is 5.57 Å². The molecule has 3 rings (SSSR count). The third-order valence-electron chi connectivity index (χ3n) is 3.32. The molecule has 0 radical (unpaired) electrons. The average molecular weight is 299 g/mol. The van der Waals surface area contributed by atoms with Crippen LogP contribution in [0.3, 0.4) is 0 Å². The molecule has 0 amide bonds. The van der Waals surface area contributed by atoms with Gasteiger partial charge in [0.05, 0.1) is 11.1 Å². The van der Waals surface area contributed by atoms with Gasteiger partial charge in [-0.2, -0.15) is 0 Å². The van der Waals surface area contributed by atoms with Gasteiger partial charge in [0.1, 0.15) is 0 Å². The Bertz CT molecular complexity index is 690. The summed E-state index contributed by atoms with van der Waals surface area (Å²) in [5, 5.41) is 0.564. The van der Waals surface area contributed by atoms with Crippen LogP contribution in [0.4, 0.5) is 0 Å². The van der Waals surface area contributed by atoms with E-state index in [0.29, 0.717) is 21.7 Å². The number of hydrogen-bond donors (Lipinski definition) is 0. The van der Waals surface area contributed by atoms with Gasteiger partial charge in [-0.05, 0) is 30.2 Å². The summed E-state index contributed by atoms with van der Waals surface area (Å²) in [6, 6.07) is 14.1. The zero-order chi connectivity index (χ0) is 15.0. The highest BCUT2D eigenvalue weighted by atomic mass is 35.5. The number of carbonyl (C=O) groups is 2. The second-order valence-corrected chi connectivity index (χ2v) is 5.24. The van der Waals surface area contributed by atoms with Crippen molar-refractivity contribution in [1.82, 2.24) is 0 Å². The first-order chi connectivity index (χ1) is 10.1. The molecule has 0 aromatic heterocycles. The Morgan fingerprint density at radius 3 is 1.67 bits per heavy atom. The molecule has 2 aromatic carbocycles. The minimum absolute atomic E-state index is 0.278. The van der Waals surface area contributed by atoms with Crippen LogP contribution in [0.1, 0.15) is 16.7 Å². The lowest BCUT2D eigenvalue weighted by molar-refractivity contribution is -0.149. The van der Waals surface area contributed by atoms with Crippen molar-refractivity contribution >= 4 is 34.7 Å². The summed E-state index contributed by atoms with van der Waals surface area (Å²) in [6.07, 6.45) is 0. The van der Waals surface area contributed by atoms with Gasteiger partial charge in [-0.15, -0.1) is 0 Å². The van der Waals surface area contributed by atoms with Crippen LogP contribution in [-0.4, -0.2) is 11.9 Å². The lowest BCUT2D eigenvalue weighted by Crippen LogP contribution is -2.02. The molecule has 1 heterocycles. The number of carbonyl (C=O) groups excluding carboxylic acids is 2. The molecule has 4 heteroatoms. The predicted molar refractivity (Wildman–Crippen MR) is 80.5 cm³/mol. The lowest BCUT2D eigenvalue weighted by Gasteiger charge is -2.04. The highest BCUT2D eigenvalue weighted by Crippen LogP contribution is 2.34. The Morgan fingerprint density at radius 1 is 0.762 bits per heavy atom. The van der Waals surface area contributed by atoms with E-state index in [2.05, 4.69) is 0 Å². The molecule has 0 saturated carbocycles. The molecule has 2 aromatic rings. The maximum absolute atomic E-state index is 12.0. The summed E-state index contributed by atoms with van der Waals surface area (Å²) in [6.45, 7) is 1.95. The molecule has 0 saturated heterocycles. The van der Waals surface area contributed by atoms with Crippen LogP contribution in [0.15, 0.2) is 48.5 Å². The van der Waals surface area contributed by atoms with Gasteiger partial charge in [0, 0.05) is 5.02 Å². The number of ether oxygens (including phenoxy) is 1. The van der Waals surface area contributed by atoms with Gasteiger partial charge in [-0.1, -0.05) is 53.6 Å². The molecular weight excluding hydrogens is 288 g/mol. The molecule has 0 fully saturated rings. The number of benzene rings is 2. The van der Waals surface area contributed by atoms with Crippen LogP contribution in [0.25, 0.3) is 11.1 Å². The van der Waals surface area contributed by atoms with Gasteiger partial charge in [0.25, 0.3) is 0 Å². The predicted octanol–water partition coefficient (Wildman–Crippen LogP) is 3.64. The summed E-state index contributed by atoms with van der Waals surface area (Å²) in [5.41, 5.74) is 2.93. The maximum atomic E-state index is 12.0. The summed E-state index contributed by atoms with van der Waals surface area (Å²) in [7, 11) is 0. The van der Waals surface area contributed by atoms with E-state index in [1.165, 1.54) is 0 Å². The van der Waals surface area contributed by atoms with Crippen LogP contribution in [0.2, 0.25) is 5.02 Å². The zero-order valence-electron chi connectivity index (χ0n) is 11.2. The topological polar surface area (TPSA) is 43.4 Å². The summed E-state index contributed by atoms with van der Waals surface area (Å²) in [5.74, 6) is -1.24. The van der Waals surface area contributed by atoms with Crippen molar-refractivity contribution in [2.24, 2.45) is 0 Å². The lowest BCUT2D eigenvalue weighted by atomic mass is 9.96. The van der Waals surface area contributed by atoms with E-state index in [0.717, 1.165) is 5.56 Å². The van der Waals surface area contributed by atoms with Crippen molar-refractivity contribution in [1.29, 1.82) is 0 Å². The van der Waals surface area contributed by atoms with Crippen molar-refractivity contribution in [2.75, 3.05) is 0 Å². The SMILES string of the molecule is Cc1ccc(C2=C(c3ccc(Cl)cc3)C(=O)OC2=O)cc1. The van der Waals surface area contributed by atoms with Gasteiger partial charge in [0.15, 0.2) is 0 Å². The van der Waals surface area contributed by atoms with Crippen molar-refractivity contribution in [3.8, 4) is 0 Å². The number of halogens is 1. The third kappa shape index (κ3) is 2.48. The fourth-order valence-electron chi connectivity index (χ4n) is 2.25. The Morgan fingerprint density at radius 2 is 1.19 bits per heavy atom. The number of cyclic esters (lactones) is 2. The molecule has 0 aliphatic carbocycles. The Balaban J connectivity index is 2.19. The average Bonchev–Trinajstić information content (AvgIpc) is 2.75. The standard InChI is InChI=1S/C17H11ClO3/c1-10-2-4-11(5-3-10)14-15(17(20)21-16(14)19)12-6-8-13(18)9-7-12/h2-9H,1H3. The Labute approximate surface area is 126 Å². The minimum atomic E-state index is -0.627. The van der Waals surface area contributed by atoms with E-state index in [1.54, 1.807) is 36.4 Å². The molecule has 21 heavy (non-hydrogen) atoms. The number of esters is 2. The quantitative estimate of drug-likeness (QED) is 0.628. The number of rotatable bonds is 2. The minimum Gasteiger partial charge on any atom is -0.386 e. The van der Waals surface area contributed by atoms with Gasteiger partial charge in [-0.25, -0.2) is 9.59 Å². The van der Waals surface area contributed by atoms with Crippen LogP contribution in [-0.2, 0) is 14.3 Å². The molecule has 104 valence electrons. The summed E-state index contributed by atoms with van der Waals surface area (Å²) >= 11 is 5.86.